The zero-order valence-electron chi connectivity index (χ0n) is 10.9. The summed E-state index contributed by atoms with van der Waals surface area (Å²) in [4.78, 5) is 13.6. The van der Waals surface area contributed by atoms with Gasteiger partial charge in [-0.2, -0.15) is 0 Å². The van der Waals surface area contributed by atoms with E-state index >= 15 is 0 Å². The van der Waals surface area contributed by atoms with Gasteiger partial charge in [0.25, 0.3) is 0 Å². The third-order valence-corrected chi connectivity index (χ3v) is 3.12. The van der Waals surface area contributed by atoms with Crippen molar-refractivity contribution < 1.29 is 9.90 Å². The number of anilines is 1. The fourth-order valence-electron chi connectivity index (χ4n) is 1.99. The lowest BCUT2D eigenvalue weighted by molar-refractivity contribution is -0.119. The number of carbonyl (C=O) groups is 1. The van der Waals surface area contributed by atoms with Crippen molar-refractivity contribution in [3.8, 4) is 0 Å². The summed E-state index contributed by atoms with van der Waals surface area (Å²) in [5.41, 5.74) is 1.75. The van der Waals surface area contributed by atoms with Gasteiger partial charge in [-0.25, -0.2) is 0 Å². The van der Waals surface area contributed by atoms with Crippen LogP contribution in [-0.2, 0) is 4.79 Å². The SMILES string of the molecule is C[C@@H](O)c1ccccc1N(C)CC(=O)NC1CC1. The molecule has 1 aromatic carbocycles. The number of aliphatic hydroxyl groups is 1. The minimum Gasteiger partial charge on any atom is -0.389 e. The van der Waals surface area contributed by atoms with Crippen LogP contribution in [0.4, 0.5) is 5.69 Å². The molecule has 1 fully saturated rings. The highest BCUT2D eigenvalue weighted by Gasteiger charge is 2.24. The van der Waals surface area contributed by atoms with Gasteiger partial charge >= 0.3 is 0 Å². The Morgan fingerprint density at radius 2 is 2.17 bits per heavy atom. The maximum absolute atomic E-state index is 11.7. The van der Waals surface area contributed by atoms with Crippen molar-refractivity contribution in [2.45, 2.75) is 31.9 Å². The third kappa shape index (κ3) is 3.23. The van der Waals surface area contributed by atoms with Gasteiger partial charge in [-0.05, 0) is 25.8 Å². The van der Waals surface area contributed by atoms with Crippen molar-refractivity contribution in [2.75, 3.05) is 18.5 Å². The second-order valence-corrected chi connectivity index (χ2v) is 4.93. The van der Waals surface area contributed by atoms with Gasteiger partial charge in [-0.15, -0.1) is 0 Å². The minimum absolute atomic E-state index is 0.0420. The first-order valence-electron chi connectivity index (χ1n) is 6.35. The van der Waals surface area contributed by atoms with E-state index in [-0.39, 0.29) is 5.91 Å². The fourth-order valence-corrected chi connectivity index (χ4v) is 1.99. The van der Waals surface area contributed by atoms with E-state index < -0.39 is 6.10 Å². The molecule has 98 valence electrons. The number of benzene rings is 1. The van der Waals surface area contributed by atoms with Gasteiger partial charge in [-0.3, -0.25) is 4.79 Å². The van der Waals surface area contributed by atoms with Crippen LogP contribution in [0.3, 0.4) is 0 Å². The molecular weight excluding hydrogens is 228 g/mol. The molecule has 1 aromatic rings. The van der Waals surface area contributed by atoms with E-state index in [1.54, 1.807) is 6.92 Å². The number of para-hydroxylation sites is 1. The van der Waals surface area contributed by atoms with Crippen molar-refractivity contribution in [2.24, 2.45) is 0 Å². The third-order valence-electron chi connectivity index (χ3n) is 3.12. The Kier molecular flexibility index (Phi) is 3.87. The molecule has 1 aliphatic carbocycles. The molecule has 0 aliphatic heterocycles. The molecule has 0 spiro atoms. The summed E-state index contributed by atoms with van der Waals surface area (Å²) < 4.78 is 0. The van der Waals surface area contributed by atoms with Gasteiger partial charge in [0.2, 0.25) is 5.91 Å². The monoisotopic (exact) mass is 248 g/mol. The number of aliphatic hydroxyl groups excluding tert-OH is 1. The standard InChI is InChI=1S/C14H20N2O2/c1-10(17)12-5-3-4-6-13(12)16(2)9-14(18)15-11-7-8-11/h3-6,10-11,17H,7-9H2,1-2H3,(H,15,18)/t10-/m1/s1. The molecule has 0 saturated heterocycles. The molecule has 0 aromatic heterocycles. The maximum Gasteiger partial charge on any atom is 0.239 e. The van der Waals surface area contributed by atoms with Crippen LogP contribution in [0.15, 0.2) is 24.3 Å². The van der Waals surface area contributed by atoms with Crippen LogP contribution in [0.25, 0.3) is 0 Å². The fraction of sp³-hybridized carbons (Fsp3) is 0.500. The average Bonchev–Trinajstić information content (AvgIpc) is 3.12. The number of nitrogens with zero attached hydrogens (tertiary/aromatic N) is 1. The van der Waals surface area contributed by atoms with Crippen LogP contribution in [0, 0.1) is 0 Å². The summed E-state index contributed by atoms with van der Waals surface area (Å²) in [5.74, 6) is 0.0420. The Morgan fingerprint density at radius 3 is 2.78 bits per heavy atom. The molecule has 0 unspecified atom stereocenters. The van der Waals surface area contributed by atoms with Gasteiger partial charge < -0.3 is 15.3 Å². The topological polar surface area (TPSA) is 52.6 Å². The molecule has 4 heteroatoms. The van der Waals surface area contributed by atoms with Gasteiger partial charge in [0.05, 0.1) is 12.6 Å². The Morgan fingerprint density at radius 1 is 1.50 bits per heavy atom. The summed E-state index contributed by atoms with van der Waals surface area (Å²) in [6.07, 6.45) is 1.66. The van der Waals surface area contributed by atoms with Crippen molar-refractivity contribution in [3.05, 3.63) is 29.8 Å². The lowest BCUT2D eigenvalue weighted by Gasteiger charge is -2.23. The van der Waals surface area contributed by atoms with Crippen LogP contribution in [-0.4, -0.2) is 30.6 Å². The molecule has 1 aliphatic rings. The normalized spacial score (nSPS) is 16.2. The number of amides is 1. The van der Waals surface area contributed by atoms with Gasteiger partial charge in [0.1, 0.15) is 0 Å². The largest absolute Gasteiger partial charge is 0.389 e. The first-order valence-corrected chi connectivity index (χ1v) is 6.35. The maximum atomic E-state index is 11.7. The highest BCUT2D eigenvalue weighted by atomic mass is 16.3. The van der Waals surface area contributed by atoms with Crippen molar-refractivity contribution >= 4 is 11.6 Å². The van der Waals surface area contributed by atoms with Crippen LogP contribution in [0.1, 0.15) is 31.4 Å². The molecule has 0 bridgehead atoms. The molecule has 0 heterocycles. The van der Waals surface area contributed by atoms with Crippen LogP contribution >= 0.6 is 0 Å². The average molecular weight is 248 g/mol. The lowest BCUT2D eigenvalue weighted by Crippen LogP contribution is -2.36. The molecule has 18 heavy (non-hydrogen) atoms. The van der Waals surface area contributed by atoms with Gasteiger partial charge in [0, 0.05) is 24.3 Å². The van der Waals surface area contributed by atoms with Crippen LogP contribution in [0.5, 0.6) is 0 Å². The van der Waals surface area contributed by atoms with Crippen molar-refractivity contribution in [3.63, 3.8) is 0 Å². The first kappa shape index (κ1) is 12.9. The summed E-state index contributed by atoms with van der Waals surface area (Å²) in [7, 11) is 1.87. The van der Waals surface area contributed by atoms with E-state index in [4.69, 9.17) is 0 Å². The van der Waals surface area contributed by atoms with E-state index in [1.807, 2.05) is 36.2 Å². The number of hydrogen-bond donors (Lipinski definition) is 2. The first-order chi connectivity index (χ1) is 8.58. The van der Waals surface area contributed by atoms with E-state index in [0.29, 0.717) is 12.6 Å². The Labute approximate surface area is 108 Å². The Bertz CT molecular complexity index is 428. The zero-order valence-corrected chi connectivity index (χ0v) is 10.9. The summed E-state index contributed by atoms with van der Waals surface area (Å²) in [5, 5.41) is 12.7. The highest BCUT2D eigenvalue weighted by molar-refractivity contribution is 5.82. The van der Waals surface area contributed by atoms with Crippen molar-refractivity contribution in [1.82, 2.24) is 5.32 Å². The molecule has 0 radical (unpaired) electrons. The number of likely N-dealkylation sites (N-methyl/N-ethyl adjacent to an activating group) is 1. The molecule has 1 atom stereocenters. The van der Waals surface area contributed by atoms with Crippen LogP contribution in [0.2, 0.25) is 0 Å². The Hall–Kier alpha value is -1.55. The van der Waals surface area contributed by atoms with E-state index in [1.165, 1.54) is 0 Å². The molecular formula is C14H20N2O2. The molecule has 4 nitrogen and oxygen atoms in total. The predicted molar refractivity (Wildman–Crippen MR) is 71.5 cm³/mol. The Balaban J connectivity index is 2.02. The smallest absolute Gasteiger partial charge is 0.239 e. The number of rotatable bonds is 5. The van der Waals surface area contributed by atoms with E-state index in [0.717, 1.165) is 24.1 Å². The predicted octanol–water partition coefficient (Wildman–Crippen LogP) is 1.45. The number of nitrogens with one attached hydrogen (secondary N) is 1. The van der Waals surface area contributed by atoms with Crippen LogP contribution < -0.4 is 10.2 Å². The van der Waals surface area contributed by atoms with Gasteiger partial charge in [-0.1, -0.05) is 18.2 Å². The summed E-state index contributed by atoms with van der Waals surface area (Å²) >= 11 is 0. The summed E-state index contributed by atoms with van der Waals surface area (Å²) in [6.45, 7) is 2.05. The van der Waals surface area contributed by atoms with Crippen molar-refractivity contribution in [1.29, 1.82) is 0 Å². The summed E-state index contributed by atoms with van der Waals surface area (Å²) in [6, 6.07) is 8.00. The number of carbonyl (C=O) groups excluding carboxylic acids is 1. The quantitative estimate of drug-likeness (QED) is 0.829. The van der Waals surface area contributed by atoms with E-state index in [9.17, 15) is 9.90 Å². The second-order valence-electron chi connectivity index (χ2n) is 4.93. The molecule has 1 amide bonds. The molecule has 1 saturated carbocycles. The van der Waals surface area contributed by atoms with Gasteiger partial charge in [0.15, 0.2) is 0 Å². The molecule has 2 rings (SSSR count). The minimum atomic E-state index is -0.532. The zero-order chi connectivity index (χ0) is 13.1. The lowest BCUT2D eigenvalue weighted by atomic mass is 10.1. The second kappa shape index (κ2) is 5.40. The van der Waals surface area contributed by atoms with E-state index in [2.05, 4.69) is 5.32 Å². The number of hydrogen-bond acceptors (Lipinski definition) is 3. The molecule has 2 N–H and O–H groups in total. The highest BCUT2D eigenvalue weighted by Crippen LogP contribution is 2.25.